The summed E-state index contributed by atoms with van der Waals surface area (Å²) in [6, 6.07) is 2.74. The fraction of sp³-hybridized carbons (Fsp3) is 0.526. The predicted molar refractivity (Wildman–Crippen MR) is 114 cm³/mol. The number of rotatable bonds is 8. The van der Waals surface area contributed by atoms with E-state index in [2.05, 4.69) is 19.8 Å². The highest BCUT2D eigenvalue weighted by atomic mass is 35.5. The highest BCUT2D eigenvalue weighted by Gasteiger charge is 2.30. The summed E-state index contributed by atoms with van der Waals surface area (Å²) >= 11 is 6.33. The second-order valence-electron chi connectivity index (χ2n) is 7.33. The Hall–Kier alpha value is -2.25. The Morgan fingerprint density at radius 2 is 2.03 bits per heavy atom. The Morgan fingerprint density at radius 3 is 2.75 bits per heavy atom. The molecule has 1 aromatic heterocycles. The second kappa shape index (κ2) is 9.71. The van der Waals surface area contributed by atoms with Crippen molar-refractivity contribution in [3.05, 3.63) is 28.9 Å². The number of halogens is 1. The monoisotopic (exact) mass is 485 g/mol. The van der Waals surface area contributed by atoms with E-state index in [1.807, 2.05) is 6.92 Å². The van der Waals surface area contributed by atoms with Crippen LogP contribution in [0.2, 0.25) is 5.02 Å². The van der Waals surface area contributed by atoms with Crippen LogP contribution in [0.5, 0.6) is 5.75 Å². The number of nitrogens with zero attached hydrogens (tertiary/aromatic N) is 4. The van der Waals surface area contributed by atoms with Gasteiger partial charge in [-0.05, 0) is 6.07 Å². The third kappa shape index (κ3) is 5.04. The Kier molecular flexibility index (Phi) is 6.96. The largest absolute Gasteiger partial charge is 0.482 e. The van der Waals surface area contributed by atoms with Crippen LogP contribution in [0.25, 0.3) is 0 Å². The van der Waals surface area contributed by atoms with Crippen LogP contribution in [-0.4, -0.2) is 75.4 Å². The number of benzene rings is 1. The van der Waals surface area contributed by atoms with Crippen molar-refractivity contribution in [1.29, 1.82) is 0 Å². The van der Waals surface area contributed by atoms with E-state index in [0.717, 1.165) is 13.1 Å². The van der Waals surface area contributed by atoms with E-state index >= 15 is 0 Å². The van der Waals surface area contributed by atoms with Gasteiger partial charge in [0.15, 0.2) is 12.4 Å². The Morgan fingerprint density at radius 1 is 1.25 bits per heavy atom. The number of nitrogens with one attached hydrogen (secondary N) is 1. The highest BCUT2D eigenvalue weighted by Crippen LogP contribution is 2.39. The molecule has 0 atom stereocenters. The van der Waals surface area contributed by atoms with E-state index in [1.165, 1.54) is 17.0 Å². The summed E-state index contributed by atoms with van der Waals surface area (Å²) in [6.07, 6.45) is 0.576. The zero-order valence-electron chi connectivity index (χ0n) is 17.5. The molecular weight excluding hydrogens is 462 g/mol. The number of carbonyl (C=O) groups excluding carboxylic acids is 1. The summed E-state index contributed by atoms with van der Waals surface area (Å²) in [7, 11) is -3.88. The molecular formula is C19H24ClN5O6S. The molecule has 0 aliphatic carbocycles. The molecule has 2 aromatic rings. The van der Waals surface area contributed by atoms with E-state index in [0.29, 0.717) is 43.6 Å². The van der Waals surface area contributed by atoms with Crippen LogP contribution >= 0.6 is 11.6 Å². The number of fused-ring (bicyclic) bond motifs is 1. The average Bonchev–Trinajstić information content (AvgIpc) is 3.24. The highest BCUT2D eigenvalue weighted by molar-refractivity contribution is 7.89. The van der Waals surface area contributed by atoms with Crippen molar-refractivity contribution in [2.24, 2.45) is 0 Å². The molecule has 2 aliphatic rings. The van der Waals surface area contributed by atoms with Crippen LogP contribution in [0, 0.1) is 0 Å². The van der Waals surface area contributed by atoms with Crippen molar-refractivity contribution in [3.63, 3.8) is 0 Å². The van der Waals surface area contributed by atoms with Gasteiger partial charge < -0.3 is 14.0 Å². The van der Waals surface area contributed by atoms with Crippen molar-refractivity contribution < 1.29 is 27.2 Å². The number of anilines is 1. The molecule has 32 heavy (non-hydrogen) atoms. The Balaban J connectivity index is 1.51. The van der Waals surface area contributed by atoms with E-state index in [9.17, 15) is 13.2 Å². The van der Waals surface area contributed by atoms with Crippen LogP contribution in [0.4, 0.5) is 5.69 Å². The molecule has 11 nitrogen and oxygen atoms in total. The first-order valence-corrected chi connectivity index (χ1v) is 12.1. The number of hydrogen-bond acceptors (Lipinski definition) is 9. The maximum absolute atomic E-state index is 12.8. The minimum Gasteiger partial charge on any atom is -0.482 e. The molecule has 0 bridgehead atoms. The van der Waals surface area contributed by atoms with Gasteiger partial charge in [0.25, 0.3) is 5.91 Å². The van der Waals surface area contributed by atoms with E-state index in [1.54, 1.807) is 0 Å². The van der Waals surface area contributed by atoms with Gasteiger partial charge >= 0.3 is 0 Å². The first kappa shape index (κ1) is 22.9. The van der Waals surface area contributed by atoms with Crippen molar-refractivity contribution in [3.8, 4) is 5.75 Å². The van der Waals surface area contributed by atoms with Gasteiger partial charge in [-0.15, -0.1) is 0 Å². The molecule has 174 valence electrons. The molecule has 4 rings (SSSR count). The van der Waals surface area contributed by atoms with Crippen LogP contribution in [0.15, 0.2) is 21.6 Å². The average molecular weight is 486 g/mol. The predicted octanol–water partition coefficient (Wildman–Crippen LogP) is 0.822. The summed E-state index contributed by atoms with van der Waals surface area (Å²) in [6.45, 7) is 5.30. The summed E-state index contributed by atoms with van der Waals surface area (Å²) in [4.78, 5) is 20.1. The zero-order chi connectivity index (χ0) is 22.7. The lowest BCUT2D eigenvalue weighted by Crippen LogP contribution is -2.41. The lowest BCUT2D eigenvalue weighted by Gasteiger charge is -2.29. The normalized spacial score (nSPS) is 17.3. The van der Waals surface area contributed by atoms with Crippen molar-refractivity contribution in [2.75, 3.05) is 50.9 Å². The molecule has 0 saturated carbocycles. The zero-order valence-corrected chi connectivity index (χ0v) is 19.1. The second-order valence-corrected chi connectivity index (χ2v) is 9.47. The standard InChI is InChI=1S/C19H24ClN5O6S/c1-2-18-22-17(23-31-18)11-25-14-9-13(20)16(10-15(14)30-12-19(25)26)32(27,28)21-3-4-24-5-7-29-8-6-24/h9-10,21H,2-8,11-12H2,1H3. The van der Waals surface area contributed by atoms with Gasteiger partial charge in [0, 0.05) is 38.7 Å². The molecule has 2 aliphatic heterocycles. The number of aromatic nitrogens is 2. The SMILES string of the molecule is CCc1nc(CN2C(=O)COc3cc(S(=O)(=O)NCCN4CCOCC4)c(Cl)cc32)no1. The topological polar surface area (TPSA) is 127 Å². The molecule has 1 fully saturated rings. The molecule has 0 spiro atoms. The van der Waals surface area contributed by atoms with Gasteiger partial charge in [0.05, 0.1) is 30.5 Å². The Bertz CT molecular complexity index is 1090. The van der Waals surface area contributed by atoms with Gasteiger partial charge in [-0.3, -0.25) is 14.6 Å². The first-order valence-electron chi connectivity index (χ1n) is 10.3. The minimum atomic E-state index is -3.88. The lowest BCUT2D eigenvalue weighted by atomic mass is 10.2. The number of sulfonamides is 1. The molecule has 0 unspecified atom stereocenters. The third-order valence-electron chi connectivity index (χ3n) is 5.18. The van der Waals surface area contributed by atoms with Crippen LogP contribution in [0.3, 0.4) is 0 Å². The minimum absolute atomic E-state index is 0.0201. The molecule has 1 amide bonds. The number of aryl methyl sites for hydroxylation is 1. The van der Waals surface area contributed by atoms with Gasteiger partial charge in [-0.2, -0.15) is 4.98 Å². The number of morpholine rings is 1. The molecule has 1 aromatic carbocycles. The number of carbonyl (C=O) groups is 1. The summed E-state index contributed by atoms with van der Waals surface area (Å²) in [5.41, 5.74) is 0.348. The van der Waals surface area contributed by atoms with Gasteiger partial charge in [0.1, 0.15) is 10.6 Å². The maximum atomic E-state index is 12.8. The van der Waals surface area contributed by atoms with Gasteiger partial charge in [-0.1, -0.05) is 23.7 Å². The third-order valence-corrected chi connectivity index (χ3v) is 7.11. The fourth-order valence-electron chi connectivity index (χ4n) is 3.46. The number of ether oxygens (including phenoxy) is 2. The van der Waals surface area contributed by atoms with Gasteiger partial charge in [-0.25, -0.2) is 13.1 Å². The smallest absolute Gasteiger partial charge is 0.265 e. The van der Waals surface area contributed by atoms with Crippen LogP contribution < -0.4 is 14.4 Å². The summed E-state index contributed by atoms with van der Waals surface area (Å²) in [5.74, 6) is 0.710. The van der Waals surface area contributed by atoms with Crippen LogP contribution in [0.1, 0.15) is 18.6 Å². The molecule has 0 radical (unpaired) electrons. The van der Waals surface area contributed by atoms with Gasteiger partial charge in [0.2, 0.25) is 15.9 Å². The molecule has 13 heteroatoms. The Labute approximate surface area is 190 Å². The van der Waals surface area contributed by atoms with E-state index < -0.39 is 10.0 Å². The maximum Gasteiger partial charge on any atom is 0.265 e. The first-order chi connectivity index (χ1) is 15.4. The van der Waals surface area contributed by atoms with E-state index in [4.69, 9.17) is 25.6 Å². The van der Waals surface area contributed by atoms with Crippen molar-refractivity contribution in [1.82, 2.24) is 19.8 Å². The number of amides is 1. The lowest BCUT2D eigenvalue weighted by molar-refractivity contribution is -0.121. The van der Waals surface area contributed by atoms with Crippen molar-refractivity contribution in [2.45, 2.75) is 24.8 Å². The summed E-state index contributed by atoms with van der Waals surface area (Å²) < 4.78 is 44.1. The molecule has 1 N–H and O–H groups in total. The molecule has 3 heterocycles. The number of hydrogen-bond donors (Lipinski definition) is 1. The van der Waals surface area contributed by atoms with E-state index in [-0.39, 0.29) is 41.3 Å². The van der Waals surface area contributed by atoms with Crippen LogP contribution in [-0.2, 0) is 32.5 Å². The van der Waals surface area contributed by atoms with Crippen molar-refractivity contribution >= 4 is 33.2 Å². The fourth-order valence-corrected chi connectivity index (χ4v) is 5.02. The summed E-state index contributed by atoms with van der Waals surface area (Å²) in [5, 5.41) is 3.85. The quantitative estimate of drug-likeness (QED) is 0.578. The molecule has 1 saturated heterocycles.